The summed E-state index contributed by atoms with van der Waals surface area (Å²) in [5.41, 5.74) is 2.42. The van der Waals surface area contributed by atoms with Crippen LogP contribution >= 0.6 is 0 Å². The fourth-order valence-electron chi connectivity index (χ4n) is 3.85. The van der Waals surface area contributed by atoms with Crippen molar-refractivity contribution in [2.24, 2.45) is 0 Å². The number of aromatic nitrogens is 2. The second-order valence-corrected chi connectivity index (χ2v) is 7.55. The van der Waals surface area contributed by atoms with Crippen LogP contribution in [0, 0.1) is 0 Å². The van der Waals surface area contributed by atoms with Gasteiger partial charge in [-0.05, 0) is 23.6 Å². The molecule has 1 aromatic heterocycles. The van der Waals surface area contributed by atoms with E-state index in [1.165, 1.54) is 0 Å². The molecule has 3 amide bonds. The van der Waals surface area contributed by atoms with Crippen molar-refractivity contribution in [1.82, 2.24) is 25.7 Å². The second-order valence-electron chi connectivity index (χ2n) is 7.55. The van der Waals surface area contributed by atoms with Crippen LogP contribution in [0.4, 0.5) is 6.01 Å². The summed E-state index contributed by atoms with van der Waals surface area (Å²) in [5.74, 6) is 0.0392. The molecule has 150 valence electrons. The molecule has 29 heavy (non-hydrogen) atoms. The molecule has 3 aliphatic heterocycles. The molecule has 2 fully saturated rings. The number of hydrogen-bond acceptors (Lipinski definition) is 8. The third-order valence-corrected chi connectivity index (χ3v) is 5.60. The molecule has 3 N–H and O–H groups in total. The van der Waals surface area contributed by atoms with E-state index in [1.54, 1.807) is 11.0 Å². The van der Waals surface area contributed by atoms with E-state index in [4.69, 9.17) is 4.42 Å². The first-order valence-electron chi connectivity index (χ1n) is 9.63. The molecule has 1 atom stereocenters. The minimum absolute atomic E-state index is 0.176. The Hall–Kier alpha value is -3.27. The molecule has 10 heteroatoms. The van der Waals surface area contributed by atoms with Gasteiger partial charge in [-0.15, -0.1) is 5.10 Å². The van der Waals surface area contributed by atoms with Crippen molar-refractivity contribution in [3.05, 3.63) is 40.8 Å². The summed E-state index contributed by atoms with van der Waals surface area (Å²) in [5, 5.41) is 16.7. The molecule has 1 unspecified atom stereocenters. The highest BCUT2D eigenvalue weighted by Crippen LogP contribution is 2.28. The first-order chi connectivity index (χ1) is 14.1. The maximum Gasteiger partial charge on any atom is 0.315 e. The number of nitrogens with one attached hydrogen (secondary N) is 3. The van der Waals surface area contributed by atoms with Gasteiger partial charge >= 0.3 is 6.01 Å². The zero-order valence-corrected chi connectivity index (χ0v) is 15.6. The summed E-state index contributed by atoms with van der Waals surface area (Å²) in [4.78, 5) is 37.8. The molecule has 5 rings (SSSR count). The van der Waals surface area contributed by atoms with Gasteiger partial charge in [-0.2, -0.15) is 0 Å². The van der Waals surface area contributed by atoms with Crippen molar-refractivity contribution in [3.63, 3.8) is 0 Å². The lowest BCUT2D eigenvalue weighted by Crippen LogP contribution is -2.52. The molecule has 0 spiro atoms. The summed E-state index contributed by atoms with van der Waals surface area (Å²) in [7, 11) is 0. The molecule has 2 aromatic rings. The van der Waals surface area contributed by atoms with E-state index >= 15 is 0 Å². The van der Waals surface area contributed by atoms with Gasteiger partial charge in [0.05, 0.1) is 5.92 Å². The quantitative estimate of drug-likeness (QED) is 0.608. The smallest absolute Gasteiger partial charge is 0.315 e. The molecular formula is C19H20N6O4. The number of anilines is 1. The Morgan fingerprint density at radius 3 is 2.83 bits per heavy atom. The van der Waals surface area contributed by atoms with E-state index in [0.717, 1.165) is 24.2 Å². The van der Waals surface area contributed by atoms with Gasteiger partial charge in [-0.25, -0.2) is 0 Å². The minimum Gasteiger partial charge on any atom is -0.408 e. The van der Waals surface area contributed by atoms with Crippen LogP contribution in [0.3, 0.4) is 0 Å². The van der Waals surface area contributed by atoms with Gasteiger partial charge < -0.3 is 20.0 Å². The standard InChI is InChI=1S/C19H20N6O4/c26-15-4-3-14(16(27)22-15)25-9-11-5-10(1-2-13(11)18(25)28)6-21-19-24-23-17(29-19)12-7-20-8-12/h1-2,5,12,14,20H,3-4,6-9H2,(H,21,24)(H,22,26,27). The number of nitrogens with zero attached hydrogens (tertiary/aromatic N) is 3. The van der Waals surface area contributed by atoms with Crippen molar-refractivity contribution in [2.45, 2.75) is 37.9 Å². The van der Waals surface area contributed by atoms with Crippen LogP contribution in [0.25, 0.3) is 0 Å². The van der Waals surface area contributed by atoms with E-state index in [9.17, 15) is 14.4 Å². The average molecular weight is 396 g/mol. The van der Waals surface area contributed by atoms with Gasteiger partial charge in [-0.3, -0.25) is 19.7 Å². The molecule has 0 aliphatic carbocycles. The maximum atomic E-state index is 12.7. The molecule has 0 radical (unpaired) electrons. The van der Waals surface area contributed by atoms with E-state index in [2.05, 4.69) is 26.1 Å². The van der Waals surface area contributed by atoms with Crippen molar-refractivity contribution >= 4 is 23.7 Å². The van der Waals surface area contributed by atoms with E-state index in [0.29, 0.717) is 37.0 Å². The molecule has 10 nitrogen and oxygen atoms in total. The Bertz CT molecular complexity index is 998. The fourth-order valence-corrected chi connectivity index (χ4v) is 3.85. The van der Waals surface area contributed by atoms with Crippen molar-refractivity contribution in [3.8, 4) is 0 Å². The van der Waals surface area contributed by atoms with Gasteiger partial charge in [0.1, 0.15) is 6.04 Å². The first-order valence-corrected chi connectivity index (χ1v) is 9.63. The van der Waals surface area contributed by atoms with Gasteiger partial charge in [-0.1, -0.05) is 17.2 Å². The zero-order chi connectivity index (χ0) is 20.0. The average Bonchev–Trinajstić information content (AvgIpc) is 3.23. The van der Waals surface area contributed by atoms with Gasteiger partial charge in [0, 0.05) is 38.2 Å². The Kier molecular flexibility index (Phi) is 4.27. The van der Waals surface area contributed by atoms with Crippen LogP contribution in [0.1, 0.15) is 46.1 Å². The highest BCUT2D eigenvalue weighted by molar-refractivity contribution is 6.05. The van der Waals surface area contributed by atoms with Crippen molar-refractivity contribution in [2.75, 3.05) is 18.4 Å². The lowest BCUT2D eigenvalue weighted by molar-refractivity contribution is -0.136. The van der Waals surface area contributed by atoms with Crippen molar-refractivity contribution in [1.29, 1.82) is 0 Å². The van der Waals surface area contributed by atoms with Crippen LogP contribution in [0.15, 0.2) is 22.6 Å². The van der Waals surface area contributed by atoms with Crippen LogP contribution in [-0.4, -0.2) is 52.0 Å². The molecule has 4 heterocycles. The van der Waals surface area contributed by atoms with Gasteiger partial charge in [0.25, 0.3) is 5.91 Å². The minimum atomic E-state index is -0.605. The van der Waals surface area contributed by atoms with Gasteiger partial charge in [0.15, 0.2) is 0 Å². The molecule has 3 aliphatic rings. The summed E-state index contributed by atoms with van der Waals surface area (Å²) < 4.78 is 5.63. The zero-order valence-electron chi connectivity index (χ0n) is 15.6. The van der Waals surface area contributed by atoms with Crippen LogP contribution < -0.4 is 16.0 Å². The van der Waals surface area contributed by atoms with E-state index < -0.39 is 11.9 Å². The summed E-state index contributed by atoms with van der Waals surface area (Å²) in [6.07, 6.45) is 0.601. The molecular weight excluding hydrogens is 376 g/mol. The van der Waals surface area contributed by atoms with Crippen molar-refractivity contribution < 1.29 is 18.8 Å². The van der Waals surface area contributed by atoms with Crippen LogP contribution in [-0.2, 0) is 22.7 Å². The summed E-state index contributed by atoms with van der Waals surface area (Å²) in [6, 6.07) is 5.35. The van der Waals surface area contributed by atoms with Crippen LogP contribution in [0.5, 0.6) is 0 Å². The lowest BCUT2D eigenvalue weighted by atomic mass is 10.0. The highest BCUT2D eigenvalue weighted by Gasteiger charge is 2.39. The number of rotatable bonds is 5. The third-order valence-electron chi connectivity index (χ3n) is 5.60. The molecule has 0 bridgehead atoms. The third kappa shape index (κ3) is 3.25. The second kappa shape index (κ2) is 6.96. The Labute approximate surface area is 166 Å². The number of fused-ring (bicyclic) bond motifs is 1. The van der Waals surface area contributed by atoms with Crippen LogP contribution in [0.2, 0.25) is 0 Å². The van der Waals surface area contributed by atoms with Gasteiger partial charge in [0.2, 0.25) is 17.7 Å². The summed E-state index contributed by atoms with van der Waals surface area (Å²) in [6.45, 7) is 2.53. The topological polar surface area (TPSA) is 129 Å². The Morgan fingerprint density at radius 1 is 1.21 bits per heavy atom. The largest absolute Gasteiger partial charge is 0.408 e. The summed E-state index contributed by atoms with van der Waals surface area (Å²) >= 11 is 0. The Morgan fingerprint density at radius 2 is 2.07 bits per heavy atom. The van der Waals surface area contributed by atoms with E-state index in [-0.39, 0.29) is 24.2 Å². The monoisotopic (exact) mass is 396 g/mol. The highest BCUT2D eigenvalue weighted by atomic mass is 16.4. The number of carbonyl (C=O) groups is 3. The first kappa shape index (κ1) is 17.8. The maximum absolute atomic E-state index is 12.7. The predicted molar refractivity (Wildman–Crippen MR) is 99.7 cm³/mol. The molecule has 0 saturated carbocycles. The fraction of sp³-hybridized carbons (Fsp3) is 0.421. The Balaban J connectivity index is 1.25. The predicted octanol–water partition coefficient (Wildman–Crippen LogP) is 0.130. The normalized spacial score (nSPS) is 21.7. The SMILES string of the molecule is O=C1CCC(N2Cc3cc(CNc4nnc(C5CNC5)o4)ccc3C2=O)C(=O)N1. The number of hydrogen-bond donors (Lipinski definition) is 3. The number of imide groups is 1. The number of piperidine rings is 1. The number of benzene rings is 1. The molecule has 1 aromatic carbocycles. The van der Waals surface area contributed by atoms with E-state index in [1.807, 2.05) is 12.1 Å². The molecule has 2 saturated heterocycles. The number of amides is 3. The lowest BCUT2D eigenvalue weighted by Gasteiger charge is -2.29. The number of carbonyl (C=O) groups excluding carboxylic acids is 3.